The van der Waals surface area contributed by atoms with Crippen LogP contribution in [0.3, 0.4) is 0 Å². The predicted molar refractivity (Wildman–Crippen MR) is 154 cm³/mol. The number of piperazine rings is 1. The third-order valence-electron chi connectivity index (χ3n) is 7.76. The average Bonchev–Trinajstić information content (AvgIpc) is 3.64. The van der Waals surface area contributed by atoms with E-state index in [1.165, 1.54) is 17.2 Å². The lowest BCUT2D eigenvalue weighted by Crippen LogP contribution is -2.47. The summed E-state index contributed by atoms with van der Waals surface area (Å²) in [5.74, 6) is 0.0222. The van der Waals surface area contributed by atoms with Crippen LogP contribution in [-0.4, -0.2) is 75.1 Å². The molecule has 0 spiro atoms. The number of amides is 1. The lowest BCUT2D eigenvalue weighted by molar-refractivity contribution is -0.127. The fourth-order valence-corrected chi connectivity index (χ4v) is 5.42. The van der Waals surface area contributed by atoms with Gasteiger partial charge in [-0.05, 0) is 59.9 Å². The number of hydrogen-bond acceptors (Lipinski definition) is 5. The molecule has 0 aliphatic carbocycles. The van der Waals surface area contributed by atoms with Crippen molar-refractivity contribution in [3.8, 4) is 11.1 Å². The van der Waals surface area contributed by atoms with Crippen LogP contribution in [0.15, 0.2) is 67.5 Å². The number of aromatic nitrogens is 4. The zero-order chi connectivity index (χ0) is 26.6. The molecule has 2 fully saturated rings. The summed E-state index contributed by atoms with van der Waals surface area (Å²) < 4.78 is 7.54. The number of fused-ring (bicyclic) bond motifs is 1. The van der Waals surface area contributed by atoms with Gasteiger partial charge in [0.2, 0.25) is 5.91 Å². The van der Waals surface area contributed by atoms with Crippen LogP contribution in [-0.2, 0) is 16.1 Å². The van der Waals surface area contributed by atoms with E-state index in [2.05, 4.69) is 92.3 Å². The summed E-state index contributed by atoms with van der Waals surface area (Å²) in [7, 11) is 0. The van der Waals surface area contributed by atoms with Gasteiger partial charge in [-0.3, -0.25) is 19.5 Å². The Bertz CT molecular complexity index is 1470. The van der Waals surface area contributed by atoms with Gasteiger partial charge in [0, 0.05) is 63.1 Å². The van der Waals surface area contributed by atoms with Crippen molar-refractivity contribution in [1.82, 2.24) is 29.8 Å². The topological polar surface area (TPSA) is 79.3 Å². The highest BCUT2D eigenvalue weighted by atomic mass is 16.5. The maximum Gasteiger partial charge on any atom is 0.246 e. The number of ether oxygens (including phenoxy) is 1. The molecule has 1 amide bonds. The van der Waals surface area contributed by atoms with Crippen LogP contribution < -0.4 is 0 Å². The Labute approximate surface area is 228 Å². The average molecular weight is 523 g/mol. The van der Waals surface area contributed by atoms with Crippen molar-refractivity contribution in [2.24, 2.45) is 0 Å². The van der Waals surface area contributed by atoms with Gasteiger partial charge in [-0.25, -0.2) is 0 Å². The molecule has 1 N–H and O–H groups in total. The summed E-state index contributed by atoms with van der Waals surface area (Å²) in [6.45, 7) is 9.35. The van der Waals surface area contributed by atoms with E-state index >= 15 is 0 Å². The van der Waals surface area contributed by atoms with E-state index in [9.17, 15) is 4.79 Å². The Kier molecular flexibility index (Phi) is 7.38. The van der Waals surface area contributed by atoms with Crippen molar-refractivity contribution in [3.05, 3.63) is 84.3 Å². The summed E-state index contributed by atoms with van der Waals surface area (Å²) in [4.78, 5) is 16.1. The monoisotopic (exact) mass is 522 g/mol. The summed E-state index contributed by atoms with van der Waals surface area (Å²) in [6.07, 6.45) is 11.6. The summed E-state index contributed by atoms with van der Waals surface area (Å²) in [5, 5.41) is 13.4. The van der Waals surface area contributed by atoms with E-state index < -0.39 is 0 Å². The number of nitrogens with zero attached hydrogens (tertiary/aromatic N) is 5. The maximum absolute atomic E-state index is 11.8. The Morgan fingerprint density at radius 2 is 1.79 bits per heavy atom. The van der Waals surface area contributed by atoms with Crippen LogP contribution in [0.1, 0.15) is 35.7 Å². The van der Waals surface area contributed by atoms with Crippen LogP contribution in [0.4, 0.5) is 0 Å². The largest absolute Gasteiger partial charge is 0.381 e. The van der Waals surface area contributed by atoms with E-state index in [0.29, 0.717) is 6.04 Å². The highest BCUT2D eigenvalue weighted by Crippen LogP contribution is 2.27. The number of aromatic amines is 1. The maximum atomic E-state index is 11.8. The first-order valence-corrected chi connectivity index (χ1v) is 13.7. The molecule has 2 aliphatic heterocycles. The molecule has 4 aromatic rings. The molecule has 2 aromatic heterocycles. The highest BCUT2D eigenvalue weighted by Gasteiger charge is 2.19. The number of nitrogens with one attached hydrogen (secondary N) is 1. The van der Waals surface area contributed by atoms with Gasteiger partial charge in [0.25, 0.3) is 0 Å². The summed E-state index contributed by atoms with van der Waals surface area (Å²) in [6, 6.07) is 15.6. The van der Waals surface area contributed by atoms with Crippen molar-refractivity contribution in [1.29, 1.82) is 0 Å². The first-order valence-electron chi connectivity index (χ1n) is 13.7. The summed E-state index contributed by atoms with van der Waals surface area (Å²) >= 11 is 0. The van der Waals surface area contributed by atoms with Crippen LogP contribution in [0.2, 0.25) is 0 Å². The van der Waals surface area contributed by atoms with Crippen molar-refractivity contribution < 1.29 is 9.53 Å². The predicted octanol–water partition coefficient (Wildman–Crippen LogP) is 4.78. The van der Waals surface area contributed by atoms with Gasteiger partial charge in [-0.2, -0.15) is 10.2 Å². The zero-order valence-electron chi connectivity index (χ0n) is 22.1. The molecular weight excluding hydrogens is 488 g/mol. The molecule has 0 radical (unpaired) electrons. The molecule has 39 heavy (non-hydrogen) atoms. The van der Waals surface area contributed by atoms with Crippen LogP contribution in [0, 0.1) is 0 Å². The van der Waals surface area contributed by atoms with Crippen LogP contribution in [0.5, 0.6) is 0 Å². The van der Waals surface area contributed by atoms with Gasteiger partial charge < -0.3 is 9.64 Å². The van der Waals surface area contributed by atoms with Gasteiger partial charge in [0.15, 0.2) is 0 Å². The van der Waals surface area contributed by atoms with Gasteiger partial charge in [-0.15, -0.1) is 0 Å². The van der Waals surface area contributed by atoms with Crippen LogP contribution >= 0.6 is 0 Å². The SMILES string of the molecule is C=CC(=O)N1CCN(Cc2ccc(-c3ccc4[nH]nc(/C=C/c5cnn(C6CCOCC6)c5)c4c3)cc2)CC1. The fraction of sp³-hybridized carbons (Fsp3) is 0.323. The smallest absolute Gasteiger partial charge is 0.246 e. The van der Waals surface area contributed by atoms with Crippen molar-refractivity contribution >= 4 is 29.0 Å². The second-order valence-corrected chi connectivity index (χ2v) is 10.3. The minimum Gasteiger partial charge on any atom is -0.381 e. The molecule has 2 aliphatic rings. The molecule has 0 bridgehead atoms. The third kappa shape index (κ3) is 5.72. The van der Waals surface area contributed by atoms with E-state index in [1.807, 2.05) is 11.1 Å². The van der Waals surface area contributed by atoms with Gasteiger partial charge in [0.05, 0.1) is 23.4 Å². The molecule has 2 aromatic carbocycles. The number of carbonyl (C=O) groups excluding carboxylic acids is 1. The normalized spacial score (nSPS) is 17.3. The molecular formula is C31H34N6O2. The Hall–Kier alpha value is -4.01. The lowest BCUT2D eigenvalue weighted by Gasteiger charge is -2.34. The fourth-order valence-electron chi connectivity index (χ4n) is 5.42. The zero-order valence-corrected chi connectivity index (χ0v) is 22.1. The third-order valence-corrected chi connectivity index (χ3v) is 7.76. The lowest BCUT2D eigenvalue weighted by atomic mass is 10.0. The van der Waals surface area contributed by atoms with E-state index in [1.54, 1.807) is 0 Å². The van der Waals surface area contributed by atoms with Gasteiger partial charge in [-0.1, -0.05) is 36.9 Å². The van der Waals surface area contributed by atoms with Crippen molar-refractivity contribution in [2.75, 3.05) is 39.4 Å². The molecule has 0 saturated carbocycles. The van der Waals surface area contributed by atoms with Gasteiger partial charge in [0.1, 0.15) is 0 Å². The molecule has 8 nitrogen and oxygen atoms in total. The molecule has 4 heterocycles. The number of benzene rings is 2. The van der Waals surface area contributed by atoms with Crippen molar-refractivity contribution in [3.63, 3.8) is 0 Å². The minimum atomic E-state index is 0.0222. The molecule has 200 valence electrons. The Balaban J connectivity index is 1.12. The second-order valence-electron chi connectivity index (χ2n) is 10.3. The Morgan fingerprint density at radius 3 is 2.56 bits per heavy atom. The molecule has 0 unspecified atom stereocenters. The number of rotatable bonds is 7. The van der Waals surface area contributed by atoms with E-state index in [-0.39, 0.29) is 5.91 Å². The first-order chi connectivity index (χ1) is 19.2. The molecule has 6 rings (SSSR count). The second kappa shape index (κ2) is 11.4. The number of carbonyl (C=O) groups is 1. The quantitative estimate of drug-likeness (QED) is 0.354. The Morgan fingerprint density at radius 1 is 1.03 bits per heavy atom. The van der Waals surface area contributed by atoms with E-state index in [0.717, 1.165) is 86.5 Å². The highest BCUT2D eigenvalue weighted by molar-refractivity contribution is 5.92. The molecule has 0 atom stereocenters. The van der Waals surface area contributed by atoms with Crippen molar-refractivity contribution in [2.45, 2.75) is 25.4 Å². The van der Waals surface area contributed by atoms with E-state index in [4.69, 9.17) is 4.74 Å². The van der Waals surface area contributed by atoms with Gasteiger partial charge >= 0.3 is 0 Å². The first kappa shape index (κ1) is 25.3. The molecule has 8 heteroatoms. The standard InChI is InChI=1S/C31H34N6O2/c1-2-31(38)36-15-13-35(14-16-36)21-23-3-6-25(7-4-23)26-8-10-30-28(19-26)29(33-34-30)9-5-24-20-32-37(22-24)27-11-17-39-18-12-27/h2-10,19-20,22,27H,1,11-18,21H2,(H,33,34)/b9-5+. The number of hydrogen-bond donors (Lipinski definition) is 1. The van der Waals surface area contributed by atoms with Crippen LogP contribution in [0.25, 0.3) is 34.2 Å². The number of H-pyrrole nitrogens is 1. The molecule has 2 saturated heterocycles. The summed E-state index contributed by atoms with van der Waals surface area (Å²) in [5.41, 5.74) is 6.61. The minimum absolute atomic E-state index is 0.0222.